The highest BCUT2D eigenvalue weighted by molar-refractivity contribution is 7.88. The van der Waals surface area contributed by atoms with Crippen molar-refractivity contribution in [3.63, 3.8) is 0 Å². The Bertz CT molecular complexity index is 608. The monoisotopic (exact) mass is 314 g/mol. The summed E-state index contributed by atoms with van der Waals surface area (Å²) in [5.74, 6) is -1.93. The second kappa shape index (κ2) is 5.57. The average molecular weight is 314 g/mol. The average Bonchev–Trinajstić information content (AvgIpc) is 2.36. The number of rotatable bonds is 4. The van der Waals surface area contributed by atoms with Crippen LogP contribution in [-0.2, 0) is 14.9 Å². The summed E-state index contributed by atoms with van der Waals surface area (Å²) in [5, 5.41) is 0. The zero-order valence-electron chi connectivity index (χ0n) is 10.2. The number of halogens is 3. The lowest BCUT2D eigenvalue weighted by Gasteiger charge is -2.13. The van der Waals surface area contributed by atoms with E-state index in [2.05, 4.69) is 13.7 Å². The van der Waals surface area contributed by atoms with Crippen molar-refractivity contribution in [1.82, 2.24) is 0 Å². The minimum absolute atomic E-state index is 0.194. The summed E-state index contributed by atoms with van der Waals surface area (Å²) in [5.41, 5.74) is -5.79. The number of carbonyl (C=O) groups is 1. The van der Waals surface area contributed by atoms with Gasteiger partial charge in [-0.1, -0.05) is 0 Å². The Hall–Kier alpha value is -1.97. The van der Waals surface area contributed by atoms with Gasteiger partial charge in [-0.15, -0.1) is 0 Å². The van der Waals surface area contributed by atoms with Crippen molar-refractivity contribution in [3.05, 3.63) is 23.8 Å². The summed E-state index contributed by atoms with van der Waals surface area (Å²) >= 11 is 0. The molecule has 0 atom stereocenters. The highest BCUT2D eigenvalue weighted by atomic mass is 32.2. The van der Waals surface area contributed by atoms with Crippen molar-refractivity contribution in [3.8, 4) is 11.5 Å². The maximum atomic E-state index is 12.2. The van der Waals surface area contributed by atoms with E-state index in [9.17, 15) is 26.4 Å². The molecule has 0 amide bonds. The molecule has 0 aliphatic heterocycles. The van der Waals surface area contributed by atoms with E-state index in [1.165, 1.54) is 6.07 Å². The number of carbonyl (C=O) groups excluding carboxylic acids is 1. The number of hydrogen-bond acceptors (Lipinski definition) is 6. The predicted octanol–water partition coefficient (Wildman–Crippen LogP) is 1.71. The molecule has 20 heavy (non-hydrogen) atoms. The normalized spacial score (nSPS) is 11.8. The van der Waals surface area contributed by atoms with Gasteiger partial charge in [-0.3, -0.25) is 0 Å². The fourth-order valence-electron chi connectivity index (χ4n) is 1.15. The van der Waals surface area contributed by atoms with E-state index < -0.39 is 27.3 Å². The molecule has 1 rings (SSSR count). The van der Waals surface area contributed by atoms with Crippen molar-refractivity contribution in [2.75, 3.05) is 14.2 Å². The zero-order chi connectivity index (χ0) is 15.6. The molecule has 0 aliphatic carbocycles. The smallest absolute Gasteiger partial charge is 0.493 e. The molecule has 1 aromatic carbocycles. The summed E-state index contributed by atoms with van der Waals surface area (Å²) in [6.07, 6.45) is 0. The minimum atomic E-state index is -5.86. The zero-order valence-corrected chi connectivity index (χ0v) is 11.0. The second-order valence-corrected chi connectivity index (χ2v) is 4.88. The minimum Gasteiger partial charge on any atom is -0.493 e. The predicted molar refractivity (Wildman–Crippen MR) is 59.9 cm³/mol. The third-order valence-electron chi connectivity index (χ3n) is 2.07. The molecule has 0 spiro atoms. The molecule has 0 saturated carbocycles. The van der Waals surface area contributed by atoms with E-state index in [1.807, 2.05) is 0 Å². The first-order valence-electron chi connectivity index (χ1n) is 4.89. The van der Waals surface area contributed by atoms with Crippen LogP contribution >= 0.6 is 0 Å². The van der Waals surface area contributed by atoms with Crippen molar-refractivity contribution < 1.29 is 40.0 Å². The number of benzene rings is 1. The van der Waals surface area contributed by atoms with Gasteiger partial charge in [-0.2, -0.15) is 21.6 Å². The Morgan fingerprint density at radius 3 is 2.20 bits per heavy atom. The Morgan fingerprint density at radius 2 is 1.75 bits per heavy atom. The number of alkyl halides is 3. The van der Waals surface area contributed by atoms with Crippen LogP contribution in [0.3, 0.4) is 0 Å². The molecule has 0 unspecified atom stereocenters. The molecule has 1 aromatic rings. The van der Waals surface area contributed by atoms with E-state index >= 15 is 0 Å². The van der Waals surface area contributed by atoms with Gasteiger partial charge in [-0.05, 0) is 12.1 Å². The van der Waals surface area contributed by atoms with Crippen LogP contribution in [0.15, 0.2) is 18.2 Å². The standard InChI is InChI=1S/C10H9F3O6S/c1-17-7-4-3-6(9(14)18-2)5-8(7)19-20(15,16)10(11,12)13/h3-5H,1-2H3. The van der Waals surface area contributed by atoms with E-state index in [4.69, 9.17) is 0 Å². The molecule has 6 nitrogen and oxygen atoms in total. The largest absolute Gasteiger partial charge is 0.534 e. The van der Waals surface area contributed by atoms with Gasteiger partial charge < -0.3 is 13.7 Å². The summed E-state index contributed by atoms with van der Waals surface area (Å²) in [6, 6.07) is 3.03. The molecule has 0 bridgehead atoms. The van der Waals surface area contributed by atoms with Crippen molar-refractivity contribution in [1.29, 1.82) is 0 Å². The molecule has 0 saturated heterocycles. The van der Waals surface area contributed by atoms with Crippen LogP contribution in [0.1, 0.15) is 10.4 Å². The summed E-state index contributed by atoms with van der Waals surface area (Å²) in [4.78, 5) is 11.2. The number of ether oxygens (including phenoxy) is 2. The highest BCUT2D eigenvalue weighted by Gasteiger charge is 2.49. The Balaban J connectivity index is 3.26. The molecular weight excluding hydrogens is 305 g/mol. The van der Waals surface area contributed by atoms with Crippen molar-refractivity contribution >= 4 is 16.1 Å². The SMILES string of the molecule is COC(=O)c1ccc(OC)c(OS(=O)(=O)C(F)(F)F)c1. The topological polar surface area (TPSA) is 78.9 Å². The van der Waals surface area contributed by atoms with Gasteiger partial charge in [0.2, 0.25) is 0 Å². The molecule has 0 aliphatic rings. The molecule has 0 heterocycles. The van der Waals surface area contributed by atoms with Gasteiger partial charge in [0.1, 0.15) is 0 Å². The first-order chi connectivity index (χ1) is 9.12. The third kappa shape index (κ3) is 3.32. The second-order valence-electron chi connectivity index (χ2n) is 3.34. The first kappa shape index (κ1) is 16.1. The maximum Gasteiger partial charge on any atom is 0.534 e. The Morgan fingerprint density at radius 1 is 1.15 bits per heavy atom. The summed E-state index contributed by atoms with van der Waals surface area (Å²) in [7, 11) is -3.71. The van der Waals surface area contributed by atoms with Gasteiger partial charge in [-0.25, -0.2) is 4.79 Å². The molecule has 112 valence electrons. The van der Waals surface area contributed by atoms with E-state index in [0.717, 1.165) is 26.4 Å². The van der Waals surface area contributed by atoms with E-state index in [0.29, 0.717) is 0 Å². The van der Waals surface area contributed by atoms with Crippen LogP contribution < -0.4 is 8.92 Å². The summed E-state index contributed by atoms with van der Waals surface area (Å²) < 4.78 is 71.5. The van der Waals surface area contributed by atoms with E-state index in [-0.39, 0.29) is 11.3 Å². The molecule has 0 radical (unpaired) electrons. The van der Waals surface area contributed by atoms with Crippen LogP contribution in [0.5, 0.6) is 11.5 Å². The van der Waals surface area contributed by atoms with Gasteiger partial charge in [0, 0.05) is 6.07 Å². The lowest BCUT2D eigenvalue weighted by Crippen LogP contribution is -2.28. The van der Waals surface area contributed by atoms with Gasteiger partial charge in [0.15, 0.2) is 11.5 Å². The molecule has 0 N–H and O–H groups in total. The van der Waals surface area contributed by atoms with Gasteiger partial charge in [0.05, 0.1) is 19.8 Å². The Labute approximate surface area is 112 Å². The van der Waals surface area contributed by atoms with E-state index in [1.54, 1.807) is 0 Å². The van der Waals surface area contributed by atoms with Crippen LogP contribution in [0.4, 0.5) is 13.2 Å². The number of esters is 1. The van der Waals surface area contributed by atoms with Crippen LogP contribution in [0.25, 0.3) is 0 Å². The van der Waals surface area contributed by atoms with Gasteiger partial charge >= 0.3 is 21.6 Å². The molecular formula is C10H9F3O6S. The Kier molecular flexibility index (Phi) is 4.48. The highest BCUT2D eigenvalue weighted by Crippen LogP contribution is 2.33. The molecule has 10 heteroatoms. The maximum absolute atomic E-state index is 12.2. The lowest BCUT2D eigenvalue weighted by atomic mass is 10.2. The van der Waals surface area contributed by atoms with Crippen LogP contribution in [0, 0.1) is 0 Å². The fraction of sp³-hybridized carbons (Fsp3) is 0.300. The number of hydrogen-bond donors (Lipinski definition) is 0. The fourth-order valence-corrected chi connectivity index (χ4v) is 1.61. The third-order valence-corrected chi connectivity index (χ3v) is 3.03. The van der Waals surface area contributed by atoms with Crippen LogP contribution in [-0.4, -0.2) is 34.1 Å². The van der Waals surface area contributed by atoms with Crippen LogP contribution in [0.2, 0.25) is 0 Å². The lowest BCUT2D eigenvalue weighted by molar-refractivity contribution is -0.0500. The van der Waals surface area contributed by atoms with Crippen molar-refractivity contribution in [2.24, 2.45) is 0 Å². The first-order valence-corrected chi connectivity index (χ1v) is 6.30. The summed E-state index contributed by atoms with van der Waals surface area (Å²) in [6.45, 7) is 0. The van der Waals surface area contributed by atoms with Gasteiger partial charge in [0.25, 0.3) is 0 Å². The molecule has 0 aromatic heterocycles. The molecule has 0 fully saturated rings. The quantitative estimate of drug-likeness (QED) is 0.478. The van der Waals surface area contributed by atoms with Crippen molar-refractivity contribution in [2.45, 2.75) is 5.51 Å². The number of methoxy groups -OCH3 is 2.